The van der Waals surface area contributed by atoms with E-state index in [1.54, 1.807) is 0 Å². The van der Waals surface area contributed by atoms with Crippen LogP contribution in [-0.4, -0.2) is 23.4 Å². The van der Waals surface area contributed by atoms with Gasteiger partial charge in [-0.2, -0.15) is 0 Å². The zero-order valence-electron chi connectivity index (χ0n) is 6.84. The molecule has 1 aliphatic carbocycles. The summed E-state index contributed by atoms with van der Waals surface area (Å²) in [6, 6.07) is 0. The highest BCUT2D eigenvalue weighted by molar-refractivity contribution is 5.17. The van der Waals surface area contributed by atoms with Crippen molar-refractivity contribution in [2.24, 2.45) is 0 Å². The molecule has 0 heterocycles. The number of aliphatic hydroxyl groups excluding tert-OH is 2. The topological polar surface area (TPSA) is 40.5 Å². The van der Waals surface area contributed by atoms with Gasteiger partial charge in [0.25, 0.3) is 0 Å². The summed E-state index contributed by atoms with van der Waals surface area (Å²) < 4.78 is 0. The second kappa shape index (κ2) is 4.52. The van der Waals surface area contributed by atoms with Gasteiger partial charge in [-0.3, -0.25) is 0 Å². The van der Waals surface area contributed by atoms with Gasteiger partial charge in [-0.25, -0.2) is 0 Å². The molecule has 0 atom stereocenters. The van der Waals surface area contributed by atoms with Gasteiger partial charge in [0.1, 0.15) is 0 Å². The average Bonchev–Trinajstić information content (AvgIpc) is 2.06. The largest absolute Gasteiger partial charge is 0.396 e. The average molecular weight is 156 g/mol. The first-order chi connectivity index (χ1) is 5.38. The first-order valence-corrected chi connectivity index (χ1v) is 4.30. The van der Waals surface area contributed by atoms with Crippen LogP contribution in [0.1, 0.15) is 32.1 Å². The Morgan fingerprint density at radius 1 is 1.00 bits per heavy atom. The number of hydrogen-bond acceptors (Lipinski definition) is 2. The van der Waals surface area contributed by atoms with Gasteiger partial charge in [0.05, 0.1) is 6.61 Å². The Kier molecular flexibility index (Phi) is 3.60. The lowest BCUT2D eigenvalue weighted by molar-refractivity contribution is 0.290. The molecule has 0 aliphatic heterocycles. The van der Waals surface area contributed by atoms with E-state index in [2.05, 4.69) is 0 Å². The first kappa shape index (κ1) is 8.75. The van der Waals surface area contributed by atoms with E-state index in [9.17, 15) is 0 Å². The van der Waals surface area contributed by atoms with Crippen LogP contribution in [0, 0.1) is 0 Å². The van der Waals surface area contributed by atoms with E-state index < -0.39 is 0 Å². The maximum Gasteiger partial charge on any atom is 0.0644 e. The lowest BCUT2D eigenvalue weighted by atomic mass is 9.90. The summed E-state index contributed by atoms with van der Waals surface area (Å²) in [5.74, 6) is 0. The Bertz CT molecular complexity index is 150. The van der Waals surface area contributed by atoms with E-state index in [1.807, 2.05) is 0 Å². The second-order valence-electron chi connectivity index (χ2n) is 3.05. The third-order valence-corrected chi connectivity index (χ3v) is 2.31. The summed E-state index contributed by atoms with van der Waals surface area (Å²) in [4.78, 5) is 0. The van der Waals surface area contributed by atoms with Crippen LogP contribution in [0.15, 0.2) is 11.1 Å². The number of rotatable bonds is 3. The molecule has 0 unspecified atom stereocenters. The zero-order chi connectivity index (χ0) is 8.10. The minimum absolute atomic E-state index is 0.190. The van der Waals surface area contributed by atoms with Gasteiger partial charge in [-0.05, 0) is 37.7 Å². The van der Waals surface area contributed by atoms with E-state index >= 15 is 0 Å². The summed E-state index contributed by atoms with van der Waals surface area (Å²) in [6.45, 7) is 0.411. The third kappa shape index (κ3) is 2.31. The van der Waals surface area contributed by atoms with E-state index in [0.717, 1.165) is 19.3 Å². The molecule has 0 fully saturated rings. The Hall–Kier alpha value is -0.340. The minimum atomic E-state index is 0.190. The van der Waals surface area contributed by atoms with Crippen LogP contribution in [0.25, 0.3) is 0 Å². The van der Waals surface area contributed by atoms with Crippen LogP contribution < -0.4 is 0 Å². The minimum Gasteiger partial charge on any atom is -0.396 e. The molecule has 0 radical (unpaired) electrons. The van der Waals surface area contributed by atoms with E-state index in [-0.39, 0.29) is 13.2 Å². The maximum absolute atomic E-state index is 8.95. The molecule has 0 saturated heterocycles. The van der Waals surface area contributed by atoms with Crippen LogP contribution >= 0.6 is 0 Å². The summed E-state index contributed by atoms with van der Waals surface area (Å²) in [7, 11) is 0. The smallest absolute Gasteiger partial charge is 0.0644 e. The van der Waals surface area contributed by atoms with Crippen LogP contribution in [0.3, 0.4) is 0 Å². The molecule has 0 aromatic rings. The molecule has 2 heteroatoms. The van der Waals surface area contributed by atoms with Gasteiger partial charge >= 0.3 is 0 Å². The monoisotopic (exact) mass is 156 g/mol. The summed E-state index contributed by atoms with van der Waals surface area (Å²) in [6.07, 6.45) is 5.29. The summed E-state index contributed by atoms with van der Waals surface area (Å²) in [5, 5.41) is 17.7. The number of aliphatic hydroxyl groups is 2. The Balaban J connectivity index is 2.57. The molecule has 1 aliphatic rings. The molecule has 0 aromatic carbocycles. The van der Waals surface area contributed by atoms with E-state index in [0.29, 0.717) is 0 Å². The van der Waals surface area contributed by atoms with Crippen molar-refractivity contribution in [1.82, 2.24) is 0 Å². The lowest BCUT2D eigenvalue weighted by Gasteiger charge is -2.17. The SMILES string of the molecule is OCCC1=C(CO)CCCC1. The van der Waals surface area contributed by atoms with Crippen molar-refractivity contribution in [3.05, 3.63) is 11.1 Å². The van der Waals surface area contributed by atoms with Gasteiger partial charge in [0, 0.05) is 6.61 Å². The fraction of sp³-hybridized carbons (Fsp3) is 0.778. The number of hydrogen-bond donors (Lipinski definition) is 2. The predicted molar refractivity (Wildman–Crippen MR) is 44.3 cm³/mol. The zero-order valence-corrected chi connectivity index (χ0v) is 6.84. The maximum atomic E-state index is 8.95. The molecule has 2 N–H and O–H groups in total. The molecule has 0 bridgehead atoms. The lowest BCUT2D eigenvalue weighted by Crippen LogP contribution is -2.04. The summed E-state index contributed by atoms with van der Waals surface area (Å²) in [5.41, 5.74) is 2.46. The molecular weight excluding hydrogens is 140 g/mol. The Morgan fingerprint density at radius 2 is 1.64 bits per heavy atom. The second-order valence-corrected chi connectivity index (χ2v) is 3.05. The first-order valence-electron chi connectivity index (χ1n) is 4.30. The van der Waals surface area contributed by atoms with Crippen LogP contribution in [0.5, 0.6) is 0 Å². The molecule has 2 nitrogen and oxygen atoms in total. The quantitative estimate of drug-likeness (QED) is 0.603. The van der Waals surface area contributed by atoms with Crippen molar-refractivity contribution < 1.29 is 10.2 Å². The van der Waals surface area contributed by atoms with Crippen LogP contribution in [0.4, 0.5) is 0 Å². The van der Waals surface area contributed by atoms with Gasteiger partial charge in [0.15, 0.2) is 0 Å². The van der Waals surface area contributed by atoms with Crippen molar-refractivity contribution in [2.45, 2.75) is 32.1 Å². The molecule has 0 amide bonds. The summed E-state index contributed by atoms with van der Waals surface area (Å²) >= 11 is 0. The third-order valence-electron chi connectivity index (χ3n) is 2.31. The van der Waals surface area contributed by atoms with Crippen molar-refractivity contribution in [3.63, 3.8) is 0 Å². The normalized spacial score (nSPS) is 19.1. The van der Waals surface area contributed by atoms with E-state index in [1.165, 1.54) is 24.0 Å². The highest BCUT2D eigenvalue weighted by Gasteiger charge is 2.10. The highest BCUT2D eigenvalue weighted by atomic mass is 16.3. The molecule has 0 aromatic heterocycles. The van der Waals surface area contributed by atoms with Crippen molar-refractivity contribution >= 4 is 0 Å². The van der Waals surface area contributed by atoms with E-state index in [4.69, 9.17) is 10.2 Å². The van der Waals surface area contributed by atoms with Gasteiger partial charge < -0.3 is 10.2 Å². The molecule has 0 saturated carbocycles. The van der Waals surface area contributed by atoms with Crippen molar-refractivity contribution in [1.29, 1.82) is 0 Å². The Labute approximate surface area is 67.6 Å². The molecule has 1 rings (SSSR count). The predicted octanol–water partition coefficient (Wildman–Crippen LogP) is 1.23. The van der Waals surface area contributed by atoms with Gasteiger partial charge in [-0.15, -0.1) is 0 Å². The van der Waals surface area contributed by atoms with Crippen LogP contribution in [0.2, 0.25) is 0 Å². The van der Waals surface area contributed by atoms with Gasteiger partial charge in [0.2, 0.25) is 0 Å². The molecule has 64 valence electrons. The van der Waals surface area contributed by atoms with Crippen molar-refractivity contribution in [2.75, 3.05) is 13.2 Å². The standard InChI is InChI=1S/C9H16O2/c10-6-5-8-3-1-2-4-9(8)7-11/h10-11H,1-7H2. The van der Waals surface area contributed by atoms with Gasteiger partial charge in [-0.1, -0.05) is 5.57 Å². The fourth-order valence-corrected chi connectivity index (χ4v) is 1.66. The fourth-order valence-electron chi connectivity index (χ4n) is 1.66. The highest BCUT2D eigenvalue weighted by Crippen LogP contribution is 2.26. The molecule has 11 heavy (non-hydrogen) atoms. The van der Waals surface area contributed by atoms with Crippen molar-refractivity contribution in [3.8, 4) is 0 Å². The molecule has 0 spiro atoms. The Morgan fingerprint density at radius 3 is 2.18 bits per heavy atom. The molecular formula is C9H16O2. The van der Waals surface area contributed by atoms with Crippen LogP contribution in [-0.2, 0) is 0 Å².